The molecular formula is C23H20N2O6. The van der Waals surface area contributed by atoms with Crippen LogP contribution < -0.4 is 5.56 Å². The van der Waals surface area contributed by atoms with Crippen LogP contribution in [0.25, 0.3) is 22.3 Å². The smallest absolute Gasteiger partial charge is 0.343 e. The van der Waals surface area contributed by atoms with E-state index in [-0.39, 0.29) is 36.3 Å². The van der Waals surface area contributed by atoms with E-state index in [0.717, 1.165) is 10.9 Å². The normalized spacial score (nSPS) is 20.0. The summed E-state index contributed by atoms with van der Waals surface area (Å²) >= 11 is 0. The number of esters is 1. The summed E-state index contributed by atoms with van der Waals surface area (Å²) in [5.74, 6) is -3.09. The zero-order valence-corrected chi connectivity index (χ0v) is 17.0. The molecule has 2 aliphatic rings. The summed E-state index contributed by atoms with van der Waals surface area (Å²) in [6.45, 7) is 3.00. The van der Waals surface area contributed by atoms with E-state index in [1.165, 1.54) is 11.5 Å². The fraction of sp³-hybridized carbons (Fsp3) is 0.304. The lowest BCUT2D eigenvalue weighted by Gasteiger charge is -2.35. The molecule has 1 unspecified atom stereocenters. The minimum absolute atomic E-state index is 0.0557. The molecule has 0 bridgehead atoms. The van der Waals surface area contributed by atoms with Gasteiger partial charge in [0.25, 0.3) is 5.56 Å². The second-order valence-electron chi connectivity index (χ2n) is 8.05. The van der Waals surface area contributed by atoms with E-state index in [4.69, 9.17) is 9.72 Å². The number of carbonyl (C=O) groups is 2. The summed E-state index contributed by atoms with van der Waals surface area (Å²) in [6.07, 6.45) is -0.0565. The maximum absolute atomic E-state index is 13.4. The van der Waals surface area contributed by atoms with Crippen molar-refractivity contribution >= 4 is 22.8 Å². The molecule has 8 heteroatoms. The number of benzene rings is 1. The molecule has 0 saturated heterocycles. The standard InChI is InChI=1S/C23H20N2O6/c1-3-23(30)17-14(10-31-22(23)29)20(26)25-9-13-8-12-6-4-5-7-15(12)24-18(13)19(25)16(17)11(2)21(27)28/h4-8,11,30H,3,9-10H2,1-2H3,(H,27,28)/t11?,23-/m0/s1. The predicted molar refractivity (Wildman–Crippen MR) is 111 cm³/mol. The lowest BCUT2D eigenvalue weighted by atomic mass is 9.78. The number of hydrogen-bond acceptors (Lipinski definition) is 6. The third kappa shape index (κ3) is 2.51. The van der Waals surface area contributed by atoms with Gasteiger partial charge in [0.2, 0.25) is 0 Å². The molecule has 2 atom stereocenters. The molecule has 1 aromatic carbocycles. The van der Waals surface area contributed by atoms with Crippen LogP contribution in [0.4, 0.5) is 0 Å². The van der Waals surface area contributed by atoms with E-state index in [1.54, 1.807) is 6.92 Å². The Morgan fingerprint density at radius 2 is 2.06 bits per heavy atom. The molecule has 0 saturated carbocycles. The number of aliphatic hydroxyl groups is 1. The van der Waals surface area contributed by atoms with Gasteiger partial charge in [-0.05, 0) is 31.0 Å². The Balaban J connectivity index is 1.94. The second-order valence-corrected chi connectivity index (χ2v) is 8.05. The number of rotatable bonds is 3. The number of ether oxygens (including phenoxy) is 1. The number of aromatic nitrogens is 2. The zero-order valence-electron chi connectivity index (χ0n) is 17.0. The molecule has 31 heavy (non-hydrogen) atoms. The van der Waals surface area contributed by atoms with Gasteiger partial charge >= 0.3 is 11.9 Å². The SMILES string of the molecule is CC[C@@]1(O)C(=O)OCc2c1c(C(C)C(=O)O)c1n(c2=O)Cc2cc3ccccc3nc2-1. The van der Waals surface area contributed by atoms with E-state index >= 15 is 0 Å². The van der Waals surface area contributed by atoms with Gasteiger partial charge in [-0.1, -0.05) is 25.1 Å². The summed E-state index contributed by atoms with van der Waals surface area (Å²) in [6, 6.07) is 9.44. The average molecular weight is 420 g/mol. The first-order valence-corrected chi connectivity index (χ1v) is 10.1. The molecule has 0 amide bonds. The lowest BCUT2D eigenvalue weighted by molar-refractivity contribution is -0.172. The van der Waals surface area contributed by atoms with E-state index in [9.17, 15) is 24.6 Å². The first kappa shape index (κ1) is 19.4. The monoisotopic (exact) mass is 420 g/mol. The topological polar surface area (TPSA) is 119 Å². The highest BCUT2D eigenvalue weighted by Crippen LogP contribution is 2.45. The molecular weight excluding hydrogens is 400 g/mol. The van der Waals surface area contributed by atoms with Crippen LogP contribution in [0.3, 0.4) is 0 Å². The molecule has 158 valence electrons. The Labute approximate surface area is 176 Å². The molecule has 0 radical (unpaired) electrons. The number of pyridine rings is 2. The van der Waals surface area contributed by atoms with Crippen molar-refractivity contribution in [3.05, 3.63) is 62.9 Å². The number of carboxylic acid groups (broad SMARTS) is 1. The molecule has 2 aliphatic heterocycles. The van der Waals surface area contributed by atoms with Gasteiger partial charge in [-0.2, -0.15) is 0 Å². The van der Waals surface area contributed by atoms with Crippen molar-refractivity contribution in [2.24, 2.45) is 0 Å². The minimum Gasteiger partial charge on any atom is -0.481 e. The van der Waals surface area contributed by atoms with Crippen molar-refractivity contribution < 1.29 is 24.5 Å². The number of hydrogen-bond donors (Lipinski definition) is 2. The summed E-state index contributed by atoms with van der Waals surface area (Å²) < 4.78 is 6.61. The maximum Gasteiger partial charge on any atom is 0.343 e. The maximum atomic E-state index is 13.4. The number of nitrogens with zero attached hydrogens (tertiary/aromatic N) is 2. The summed E-state index contributed by atoms with van der Waals surface area (Å²) in [4.78, 5) is 42.8. The largest absolute Gasteiger partial charge is 0.481 e. The molecule has 0 aliphatic carbocycles. The van der Waals surface area contributed by atoms with E-state index < -0.39 is 29.0 Å². The molecule has 2 aromatic heterocycles. The molecule has 5 rings (SSSR count). The average Bonchev–Trinajstić information content (AvgIpc) is 3.13. The van der Waals surface area contributed by atoms with Crippen LogP contribution in [0.5, 0.6) is 0 Å². The van der Waals surface area contributed by atoms with E-state index in [1.807, 2.05) is 30.3 Å². The van der Waals surface area contributed by atoms with Crippen LogP contribution in [-0.4, -0.2) is 31.7 Å². The van der Waals surface area contributed by atoms with Crippen molar-refractivity contribution in [2.75, 3.05) is 0 Å². The van der Waals surface area contributed by atoms with Crippen LogP contribution in [0.15, 0.2) is 35.1 Å². The summed E-state index contributed by atoms with van der Waals surface area (Å²) in [5, 5.41) is 22.0. The molecule has 8 nitrogen and oxygen atoms in total. The third-order valence-electron chi connectivity index (χ3n) is 6.37. The van der Waals surface area contributed by atoms with E-state index in [2.05, 4.69) is 0 Å². The predicted octanol–water partition coefficient (Wildman–Crippen LogP) is 2.27. The van der Waals surface area contributed by atoms with Crippen molar-refractivity contribution in [1.82, 2.24) is 9.55 Å². The van der Waals surface area contributed by atoms with Gasteiger partial charge in [0.15, 0.2) is 5.60 Å². The Hall–Kier alpha value is -3.52. The zero-order chi connectivity index (χ0) is 22.1. The quantitative estimate of drug-likeness (QED) is 0.488. The number of fused-ring (bicyclic) bond motifs is 5. The highest BCUT2D eigenvalue weighted by Gasteiger charge is 2.49. The van der Waals surface area contributed by atoms with Crippen LogP contribution in [0, 0.1) is 0 Å². The van der Waals surface area contributed by atoms with Crippen molar-refractivity contribution in [3.8, 4) is 11.4 Å². The number of aliphatic carboxylic acids is 1. The van der Waals surface area contributed by atoms with Crippen molar-refractivity contribution in [2.45, 2.75) is 44.9 Å². The third-order valence-corrected chi connectivity index (χ3v) is 6.37. The van der Waals surface area contributed by atoms with Crippen LogP contribution >= 0.6 is 0 Å². The van der Waals surface area contributed by atoms with Gasteiger partial charge in [-0.25, -0.2) is 9.78 Å². The van der Waals surface area contributed by atoms with Crippen LogP contribution in [0.1, 0.15) is 48.4 Å². The molecule has 2 N–H and O–H groups in total. The second kappa shape index (κ2) is 6.49. The first-order chi connectivity index (χ1) is 14.8. The van der Waals surface area contributed by atoms with Gasteiger partial charge in [0, 0.05) is 16.5 Å². The molecule has 4 heterocycles. The van der Waals surface area contributed by atoms with Gasteiger partial charge in [-0.15, -0.1) is 0 Å². The summed E-state index contributed by atoms with van der Waals surface area (Å²) in [7, 11) is 0. The van der Waals surface area contributed by atoms with E-state index in [0.29, 0.717) is 16.9 Å². The van der Waals surface area contributed by atoms with Gasteiger partial charge in [-0.3, -0.25) is 9.59 Å². The Bertz CT molecular complexity index is 1360. The highest BCUT2D eigenvalue weighted by molar-refractivity contribution is 5.90. The van der Waals surface area contributed by atoms with Crippen molar-refractivity contribution in [3.63, 3.8) is 0 Å². The Morgan fingerprint density at radius 3 is 2.77 bits per heavy atom. The number of cyclic esters (lactones) is 1. The molecule has 3 aromatic rings. The molecule has 0 spiro atoms. The van der Waals surface area contributed by atoms with Gasteiger partial charge in [0.05, 0.1) is 34.9 Å². The van der Waals surface area contributed by atoms with Gasteiger partial charge < -0.3 is 19.5 Å². The lowest BCUT2D eigenvalue weighted by Crippen LogP contribution is -2.46. The van der Waals surface area contributed by atoms with Gasteiger partial charge in [0.1, 0.15) is 6.61 Å². The Morgan fingerprint density at radius 1 is 1.32 bits per heavy atom. The number of carbonyl (C=O) groups excluding carboxylic acids is 1. The highest BCUT2D eigenvalue weighted by atomic mass is 16.6. The number of carboxylic acids is 1. The first-order valence-electron chi connectivity index (χ1n) is 10.1. The van der Waals surface area contributed by atoms with Crippen LogP contribution in [-0.2, 0) is 33.1 Å². The number of para-hydroxylation sites is 1. The molecule has 0 fully saturated rings. The summed E-state index contributed by atoms with van der Waals surface area (Å²) in [5.41, 5.74) is 0.245. The fourth-order valence-electron chi connectivity index (χ4n) is 4.69. The Kier molecular flexibility index (Phi) is 4.07. The van der Waals surface area contributed by atoms with Crippen LogP contribution in [0.2, 0.25) is 0 Å². The fourth-order valence-corrected chi connectivity index (χ4v) is 4.69. The minimum atomic E-state index is -2.10. The van der Waals surface area contributed by atoms with Crippen molar-refractivity contribution in [1.29, 1.82) is 0 Å².